The number of nitrogens with zero attached hydrogens (tertiary/aromatic N) is 1. The predicted molar refractivity (Wildman–Crippen MR) is 39.1 cm³/mol. The summed E-state index contributed by atoms with van der Waals surface area (Å²) in [6.45, 7) is 4.26. The molecule has 0 spiro atoms. The maximum absolute atomic E-state index is 4.19. The predicted octanol–water partition coefficient (Wildman–Crippen LogP) is 2.09. The molecule has 0 aromatic rings. The second-order valence-corrected chi connectivity index (χ2v) is 2.96. The summed E-state index contributed by atoms with van der Waals surface area (Å²) in [5, 5.41) is 0. The SMILES string of the molecule is CC1=NSC[C-](C)C1.[V]. The van der Waals surface area contributed by atoms with Crippen LogP contribution in [0.2, 0.25) is 0 Å². The Morgan fingerprint density at radius 2 is 2.33 bits per heavy atom. The number of hydrogen-bond donors (Lipinski definition) is 0. The van der Waals surface area contributed by atoms with Crippen molar-refractivity contribution in [2.75, 3.05) is 5.75 Å². The number of rotatable bonds is 0. The van der Waals surface area contributed by atoms with Crippen LogP contribution in [0.1, 0.15) is 20.3 Å². The van der Waals surface area contributed by atoms with Crippen LogP contribution >= 0.6 is 11.9 Å². The molecule has 1 nitrogen and oxygen atoms in total. The fourth-order valence-corrected chi connectivity index (χ4v) is 1.44. The zero-order valence-corrected chi connectivity index (χ0v) is 7.93. The Morgan fingerprint density at radius 3 is 2.67 bits per heavy atom. The van der Waals surface area contributed by atoms with E-state index >= 15 is 0 Å². The third-order valence-electron chi connectivity index (χ3n) is 1.09. The summed E-state index contributed by atoms with van der Waals surface area (Å²) < 4.78 is 4.19. The molecule has 0 fully saturated rings. The molecule has 0 aliphatic carbocycles. The van der Waals surface area contributed by atoms with Gasteiger partial charge in [0, 0.05) is 18.6 Å². The molecule has 0 bridgehead atoms. The third kappa shape index (κ3) is 3.34. The van der Waals surface area contributed by atoms with Gasteiger partial charge in [-0.2, -0.15) is 6.92 Å². The quantitative estimate of drug-likeness (QED) is 0.409. The van der Waals surface area contributed by atoms with Crippen LogP contribution in [0, 0.1) is 5.92 Å². The summed E-state index contributed by atoms with van der Waals surface area (Å²) >= 11 is 1.66. The summed E-state index contributed by atoms with van der Waals surface area (Å²) in [5.74, 6) is 2.67. The molecule has 1 heterocycles. The van der Waals surface area contributed by atoms with Crippen molar-refractivity contribution in [3.8, 4) is 0 Å². The molecule has 1 aliphatic heterocycles. The molecular formula is C6H10NSV-. The van der Waals surface area contributed by atoms with Crippen molar-refractivity contribution in [2.24, 2.45) is 4.40 Å². The van der Waals surface area contributed by atoms with Gasteiger partial charge in [-0.1, -0.05) is 11.9 Å². The zero-order chi connectivity index (χ0) is 5.98. The molecule has 0 saturated heterocycles. The van der Waals surface area contributed by atoms with Gasteiger partial charge in [-0.05, 0) is 12.6 Å². The van der Waals surface area contributed by atoms with Crippen molar-refractivity contribution in [2.45, 2.75) is 20.3 Å². The van der Waals surface area contributed by atoms with Crippen LogP contribution < -0.4 is 0 Å². The first kappa shape index (κ1) is 9.60. The normalized spacial score (nSPS) is 20.4. The summed E-state index contributed by atoms with van der Waals surface area (Å²) in [7, 11) is 0. The van der Waals surface area contributed by atoms with Crippen LogP contribution in [0.4, 0.5) is 0 Å². The van der Waals surface area contributed by atoms with Crippen molar-refractivity contribution in [3.63, 3.8) is 0 Å². The Morgan fingerprint density at radius 1 is 1.67 bits per heavy atom. The van der Waals surface area contributed by atoms with Gasteiger partial charge in [0.2, 0.25) is 0 Å². The van der Waals surface area contributed by atoms with E-state index in [4.69, 9.17) is 0 Å². The van der Waals surface area contributed by atoms with E-state index in [-0.39, 0.29) is 18.6 Å². The molecule has 51 valence electrons. The van der Waals surface area contributed by atoms with Gasteiger partial charge >= 0.3 is 0 Å². The van der Waals surface area contributed by atoms with Crippen LogP contribution in [-0.4, -0.2) is 11.5 Å². The van der Waals surface area contributed by atoms with Crippen LogP contribution in [-0.2, 0) is 18.6 Å². The maximum atomic E-state index is 4.19. The Labute approximate surface area is 72.7 Å². The molecule has 3 heteroatoms. The Hall–Kier alpha value is 0.604. The summed E-state index contributed by atoms with van der Waals surface area (Å²) in [4.78, 5) is 0. The van der Waals surface area contributed by atoms with Gasteiger partial charge in [0.1, 0.15) is 0 Å². The Bertz CT molecular complexity index is 114. The van der Waals surface area contributed by atoms with Crippen LogP contribution in [0.5, 0.6) is 0 Å². The van der Waals surface area contributed by atoms with Gasteiger partial charge in [0.15, 0.2) is 0 Å². The fraction of sp³-hybridized carbons (Fsp3) is 0.667. The van der Waals surface area contributed by atoms with Crippen molar-refractivity contribution < 1.29 is 18.6 Å². The van der Waals surface area contributed by atoms with E-state index < -0.39 is 0 Å². The Kier molecular flexibility index (Phi) is 4.72. The van der Waals surface area contributed by atoms with Crippen molar-refractivity contribution in [1.82, 2.24) is 0 Å². The molecule has 9 heavy (non-hydrogen) atoms. The summed E-state index contributed by atoms with van der Waals surface area (Å²) in [6, 6.07) is 0. The van der Waals surface area contributed by atoms with E-state index in [1.165, 1.54) is 5.71 Å². The van der Waals surface area contributed by atoms with Gasteiger partial charge < -0.3 is 0 Å². The van der Waals surface area contributed by atoms with E-state index in [1.54, 1.807) is 17.9 Å². The molecule has 0 unspecified atom stereocenters. The van der Waals surface area contributed by atoms with E-state index in [2.05, 4.69) is 18.2 Å². The molecule has 0 aromatic heterocycles. The van der Waals surface area contributed by atoms with Crippen LogP contribution in [0.3, 0.4) is 0 Å². The van der Waals surface area contributed by atoms with Crippen molar-refractivity contribution in [3.05, 3.63) is 5.92 Å². The molecule has 0 N–H and O–H groups in total. The first-order valence-electron chi connectivity index (χ1n) is 2.76. The van der Waals surface area contributed by atoms with E-state index in [0.29, 0.717) is 0 Å². The minimum atomic E-state index is 0. The zero-order valence-electron chi connectivity index (χ0n) is 5.72. The minimum absolute atomic E-state index is 0. The molecule has 0 saturated carbocycles. The number of hydrogen-bond acceptors (Lipinski definition) is 2. The largest absolute Gasteiger partial charge is 0.300 e. The molecule has 0 amide bonds. The van der Waals surface area contributed by atoms with E-state index in [9.17, 15) is 0 Å². The average Bonchev–Trinajstić information content (AvgIpc) is 1.64. The van der Waals surface area contributed by atoms with Gasteiger partial charge in [-0.3, -0.25) is 5.92 Å². The maximum Gasteiger partial charge on any atom is 0 e. The topological polar surface area (TPSA) is 12.4 Å². The molecule has 0 aromatic carbocycles. The smallest absolute Gasteiger partial charge is 0 e. The third-order valence-corrected chi connectivity index (χ3v) is 2.15. The van der Waals surface area contributed by atoms with E-state index in [1.807, 2.05) is 0 Å². The fourth-order valence-electron chi connectivity index (χ4n) is 0.773. The molecule has 1 radical (unpaired) electrons. The monoisotopic (exact) mass is 179 g/mol. The first-order valence-corrected chi connectivity index (χ1v) is 3.70. The molecular weight excluding hydrogens is 169 g/mol. The van der Waals surface area contributed by atoms with Crippen LogP contribution in [0.15, 0.2) is 4.40 Å². The average molecular weight is 179 g/mol. The summed E-state index contributed by atoms with van der Waals surface area (Å²) in [6.07, 6.45) is 1.12. The van der Waals surface area contributed by atoms with Crippen LogP contribution in [0.25, 0.3) is 0 Å². The van der Waals surface area contributed by atoms with Gasteiger partial charge in [-0.15, -0.1) is 12.2 Å². The molecule has 1 rings (SSSR count). The van der Waals surface area contributed by atoms with Crippen molar-refractivity contribution >= 4 is 17.7 Å². The van der Waals surface area contributed by atoms with E-state index in [0.717, 1.165) is 12.2 Å². The van der Waals surface area contributed by atoms with Gasteiger partial charge in [0.25, 0.3) is 0 Å². The molecule has 0 atom stereocenters. The molecule has 1 aliphatic rings. The second kappa shape index (κ2) is 4.42. The Balaban J connectivity index is 0.000000640. The van der Waals surface area contributed by atoms with Crippen molar-refractivity contribution in [1.29, 1.82) is 0 Å². The minimum Gasteiger partial charge on any atom is -0.300 e. The summed E-state index contributed by atoms with van der Waals surface area (Å²) in [5.41, 5.74) is 1.26. The van der Waals surface area contributed by atoms with Gasteiger partial charge in [0.05, 0.1) is 0 Å². The first-order chi connectivity index (χ1) is 3.79. The van der Waals surface area contributed by atoms with Gasteiger partial charge in [-0.25, -0.2) is 4.40 Å². The standard InChI is InChI=1S/C6H10NS.V/c1-5-3-6(2)7-8-4-5;/h3-4H2,1-2H3;/q-1;. The second-order valence-electron chi connectivity index (χ2n) is 2.23.